The molecule has 2 aliphatic carbocycles. The minimum atomic E-state index is -0.583. The van der Waals surface area contributed by atoms with Crippen molar-refractivity contribution < 1.29 is 14.6 Å². The average Bonchev–Trinajstić information content (AvgIpc) is 3.30. The molecule has 4 unspecified atom stereocenters. The van der Waals surface area contributed by atoms with Crippen LogP contribution in [0.1, 0.15) is 41.0 Å². The fraction of sp³-hybridized carbons (Fsp3) is 0.400. The number of hydrogen-bond donors (Lipinski definition) is 3. The number of aliphatic hydroxyl groups is 1. The first-order valence-corrected chi connectivity index (χ1v) is 10.9. The van der Waals surface area contributed by atoms with E-state index < -0.39 is 6.10 Å². The normalized spacial score (nSPS) is 26.1. The fourth-order valence-corrected chi connectivity index (χ4v) is 4.93. The molecule has 1 saturated carbocycles. The van der Waals surface area contributed by atoms with Crippen LogP contribution >= 0.6 is 0 Å². The van der Waals surface area contributed by atoms with Crippen LogP contribution in [-0.4, -0.2) is 40.7 Å². The van der Waals surface area contributed by atoms with Gasteiger partial charge in [-0.2, -0.15) is 0 Å². The molecule has 30 heavy (non-hydrogen) atoms. The number of ketones is 1. The second-order valence-corrected chi connectivity index (χ2v) is 8.69. The zero-order chi connectivity index (χ0) is 20.7. The van der Waals surface area contributed by atoms with E-state index in [0.717, 1.165) is 53.8 Å². The maximum absolute atomic E-state index is 12.8. The first-order valence-electron chi connectivity index (χ1n) is 10.9. The van der Waals surface area contributed by atoms with Crippen molar-refractivity contribution in [2.24, 2.45) is 5.92 Å². The van der Waals surface area contributed by atoms with Gasteiger partial charge in [-0.05, 0) is 61.6 Å². The number of aromatic amines is 1. The smallest absolute Gasteiger partial charge is 0.169 e. The van der Waals surface area contributed by atoms with Gasteiger partial charge in [-0.15, -0.1) is 0 Å². The lowest BCUT2D eigenvalue weighted by Crippen LogP contribution is -2.44. The Balaban J connectivity index is 1.19. The molecule has 2 aliphatic rings. The van der Waals surface area contributed by atoms with Gasteiger partial charge in [0, 0.05) is 35.5 Å². The van der Waals surface area contributed by atoms with Crippen LogP contribution in [0, 0.1) is 12.8 Å². The van der Waals surface area contributed by atoms with Gasteiger partial charge in [-0.25, -0.2) is 0 Å². The molecule has 1 fully saturated rings. The summed E-state index contributed by atoms with van der Waals surface area (Å²) in [6, 6.07) is 16.1. The molecule has 5 rings (SSSR count). The predicted octanol–water partition coefficient (Wildman–Crippen LogP) is 3.78. The zero-order valence-corrected chi connectivity index (χ0v) is 17.2. The Labute approximate surface area is 176 Å². The van der Waals surface area contributed by atoms with Crippen LogP contribution in [0.5, 0.6) is 5.75 Å². The largest absolute Gasteiger partial charge is 0.488 e. The number of nitrogens with one attached hydrogen (secondary N) is 2. The first-order chi connectivity index (χ1) is 14.6. The molecular weight excluding hydrogens is 376 g/mol. The number of ether oxygens (including phenoxy) is 1. The van der Waals surface area contributed by atoms with Crippen LogP contribution < -0.4 is 10.1 Å². The molecule has 1 aromatic heterocycles. The Hall–Kier alpha value is -2.63. The van der Waals surface area contributed by atoms with Gasteiger partial charge in [-0.1, -0.05) is 30.3 Å². The maximum atomic E-state index is 12.8. The molecule has 0 saturated heterocycles. The van der Waals surface area contributed by atoms with Crippen LogP contribution in [0.15, 0.2) is 48.5 Å². The van der Waals surface area contributed by atoms with Crippen molar-refractivity contribution in [3.8, 4) is 5.75 Å². The quantitative estimate of drug-likeness (QED) is 0.605. The van der Waals surface area contributed by atoms with Gasteiger partial charge in [0.25, 0.3) is 0 Å². The molecule has 5 heteroatoms. The number of rotatable bonds is 5. The summed E-state index contributed by atoms with van der Waals surface area (Å²) < 4.78 is 6.13. The lowest BCUT2D eigenvalue weighted by Gasteiger charge is -2.25. The van der Waals surface area contributed by atoms with Gasteiger partial charge >= 0.3 is 0 Å². The number of hydrogen-bond acceptors (Lipinski definition) is 4. The van der Waals surface area contributed by atoms with Gasteiger partial charge < -0.3 is 20.1 Å². The van der Waals surface area contributed by atoms with E-state index in [4.69, 9.17) is 4.74 Å². The van der Waals surface area contributed by atoms with E-state index in [-0.39, 0.29) is 23.8 Å². The van der Waals surface area contributed by atoms with Crippen molar-refractivity contribution in [1.29, 1.82) is 0 Å². The molecule has 0 bridgehead atoms. The molecule has 156 valence electrons. The van der Waals surface area contributed by atoms with Gasteiger partial charge in [0.2, 0.25) is 0 Å². The van der Waals surface area contributed by atoms with E-state index in [2.05, 4.69) is 22.4 Å². The van der Waals surface area contributed by atoms with Crippen molar-refractivity contribution in [3.05, 3.63) is 65.5 Å². The maximum Gasteiger partial charge on any atom is 0.169 e. The summed E-state index contributed by atoms with van der Waals surface area (Å²) in [6.45, 7) is 2.59. The highest BCUT2D eigenvalue weighted by Gasteiger charge is 2.37. The van der Waals surface area contributed by atoms with Gasteiger partial charge in [0.15, 0.2) is 5.78 Å². The third-order valence-corrected chi connectivity index (χ3v) is 6.60. The van der Waals surface area contributed by atoms with Gasteiger partial charge in [0.05, 0.1) is 0 Å². The second kappa shape index (κ2) is 7.89. The average molecular weight is 405 g/mol. The predicted molar refractivity (Wildman–Crippen MR) is 117 cm³/mol. The molecule has 3 aromatic rings. The number of H-pyrrole nitrogens is 1. The highest BCUT2D eigenvalue weighted by Crippen LogP contribution is 2.29. The SMILES string of the molecule is Cc1cc2c([nH]1)CCC(CNC1CCC(Oc3ccc4ccccc4c3)C1O)C2=O. The number of aromatic nitrogens is 1. The lowest BCUT2D eigenvalue weighted by atomic mass is 9.86. The Morgan fingerprint density at radius 1 is 1.10 bits per heavy atom. The first kappa shape index (κ1) is 19.3. The molecule has 5 nitrogen and oxygen atoms in total. The number of benzene rings is 2. The highest BCUT2D eigenvalue weighted by molar-refractivity contribution is 6.00. The van der Waals surface area contributed by atoms with Crippen LogP contribution in [0.25, 0.3) is 10.8 Å². The van der Waals surface area contributed by atoms with Gasteiger partial charge in [0.1, 0.15) is 18.0 Å². The fourth-order valence-electron chi connectivity index (χ4n) is 4.93. The Morgan fingerprint density at radius 3 is 2.80 bits per heavy atom. The molecule has 0 radical (unpaired) electrons. The Bertz CT molecular complexity index is 1070. The van der Waals surface area contributed by atoms with Gasteiger partial charge in [-0.3, -0.25) is 4.79 Å². The summed E-state index contributed by atoms with van der Waals surface area (Å²) >= 11 is 0. The molecule has 0 amide bonds. The summed E-state index contributed by atoms with van der Waals surface area (Å²) in [7, 11) is 0. The molecule has 3 N–H and O–H groups in total. The molecule has 2 aromatic carbocycles. The third-order valence-electron chi connectivity index (χ3n) is 6.60. The summed E-state index contributed by atoms with van der Waals surface area (Å²) in [5.74, 6) is 0.973. The topological polar surface area (TPSA) is 74.3 Å². The van der Waals surface area contributed by atoms with E-state index in [9.17, 15) is 9.90 Å². The van der Waals surface area contributed by atoms with Crippen molar-refractivity contribution in [2.45, 2.75) is 50.9 Å². The molecule has 0 spiro atoms. The monoisotopic (exact) mass is 404 g/mol. The second-order valence-electron chi connectivity index (χ2n) is 8.69. The number of aryl methyl sites for hydroxylation is 2. The van der Waals surface area contributed by atoms with Crippen molar-refractivity contribution >= 4 is 16.6 Å². The third kappa shape index (κ3) is 3.64. The number of carbonyl (C=O) groups is 1. The number of aliphatic hydroxyl groups excluding tert-OH is 1. The number of Topliss-reactive ketones (excluding diaryl/α,β-unsaturated/α-hetero) is 1. The molecule has 1 heterocycles. The van der Waals surface area contributed by atoms with Crippen LogP contribution in [0.2, 0.25) is 0 Å². The van der Waals surface area contributed by atoms with Crippen molar-refractivity contribution in [3.63, 3.8) is 0 Å². The minimum absolute atomic E-state index is 0.0274. The molecule has 0 aliphatic heterocycles. The van der Waals surface area contributed by atoms with Crippen molar-refractivity contribution in [2.75, 3.05) is 6.54 Å². The highest BCUT2D eigenvalue weighted by atomic mass is 16.5. The summed E-state index contributed by atoms with van der Waals surface area (Å²) in [5, 5.41) is 16.6. The zero-order valence-electron chi connectivity index (χ0n) is 17.2. The van der Waals surface area contributed by atoms with E-state index in [0.29, 0.717) is 6.54 Å². The van der Waals surface area contributed by atoms with E-state index in [1.54, 1.807) is 0 Å². The summed E-state index contributed by atoms with van der Waals surface area (Å²) in [6.07, 6.45) is 2.58. The lowest BCUT2D eigenvalue weighted by molar-refractivity contribution is 0.0442. The minimum Gasteiger partial charge on any atom is -0.488 e. The van der Waals surface area contributed by atoms with Crippen LogP contribution in [0.4, 0.5) is 0 Å². The summed E-state index contributed by atoms with van der Waals surface area (Å²) in [5.41, 5.74) is 2.95. The van der Waals surface area contributed by atoms with E-state index in [1.165, 1.54) is 5.39 Å². The van der Waals surface area contributed by atoms with E-state index in [1.807, 2.05) is 43.3 Å². The molecule has 4 atom stereocenters. The molecular formula is C25H28N2O3. The Morgan fingerprint density at radius 2 is 1.93 bits per heavy atom. The Kier molecular flexibility index (Phi) is 5.09. The summed E-state index contributed by atoms with van der Waals surface area (Å²) in [4.78, 5) is 16.1. The van der Waals surface area contributed by atoms with Crippen molar-refractivity contribution in [1.82, 2.24) is 10.3 Å². The standard InChI is InChI=1S/C25H28N2O3/c1-15-12-20-21(27-15)9-7-18(24(20)28)14-26-22-10-11-23(25(22)29)30-19-8-6-16-4-2-3-5-17(16)13-19/h2-6,8,12-13,18,22-23,25-27,29H,7,9-11,14H2,1H3. The number of fused-ring (bicyclic) bond motifs is 2. The van der Waals surface area contributed by atoms with Crippen LogP contribution in [0.3, 0.4) is 0 Å². The van der Waals surface area contributed by atoms with E-state index >= 15 is 0 Å². The van der Waals surface area contributed by atoms with Crippen LogP contribution in [-0.2, 0) is 6.42 Å². The number of carbonyl (C=O) groups excluding carboxylic acids is 1.